The zero-order valence-electron chi connectivity index (χ0n) is 29.9. The fourth-order valence-corrected chi connectivity index (χ4v) is 8.59. The Morgan fingerprint density at radius 1 is 0.286 bits per heavy atom. The van der Waals surface area contributed by atoms with E-state index in [1.54, 1.807) is 0 Å². The van der Waals surface area contributed by atoms with Crippen molar-refractivity contribution >= 4 is 76.2 Å². The molecule has 0 radical (unpaired) electrons. The summed E-state index contributed by atoms with van der Waals surface area (Å²) in [6.45, 7) is 0. The van der Waals surface area contributed by atoms with E-state index in [2.05, 4.69) is 115 Å². The standard InChI is InChI=1S/C51H29N3O2/c1-2-15-33-30(12-1)26-27-36-34-16-3-4-17-35(34)41(29-42(33)36)31-13-9-14-32(28-31)49-52-50(39-20-10-24-45-47(39)37-18-5-7-22-43(37)55-45)54-51(53-49)40-21-11-25-46-48(40)38-19-6-8-23-44(38)56-46/h1-29H. The highest BCUT2D eigenvalue weighted by molar-refractivity contribution is 6.21. The van der Waals surface area contributed by atoms with Crippen molar-refractivity contribution in [1.29, 1.82) is 0 Å². The fraction of sp³-hybridized carbons (Fsp3) is 0. The van der Waals surface area contributed by atoms with Crippen molar-refractivity contribution in [2.45, 2.75) is 0 Å². The lowest BCUT2D eigenvalue weighted by Gasteiger charge is -2.14. The summed E-state index contributed by atoms with van der Waals surface area (Å²) in [4.78, 5) is 15.8. The summed E-state index contributed by atoms with van der Waals surface area (Å²) in [5, 5.41) is 11.3. The third-order valence-electron chi connectivity index (χ3n) is 11.1. The molecule has 0 N–H and O–H groups in total. The summed E-state index contributed by atoms with van der Waals surface area (Å²) in [5.74, 6) is 1.72. The first kappa shape index (κ1) is 30.8. The van der Waals surface area contributed by atoms with Gasteiger partial charge in [0.2, 0.25) is 0 Å². The molecule has 12 aromatic rings. The van der Waals surface area contributed by atoms with Gasteiger partial charge >= 0.3 is 0 Å². The molecule has 9 aromatic carbocycles. The summed E-state index contributed by atoms with van der Waals surface area (Å²) < 4.78 is 12.6. The van der Waals surface area contributed by atoms with Crippen molar-refractivity contribution in [2.24, 2.45) is 0 Å². The molecule has 56 heavy (non-hydrogen) atoms. The van der Waals surface area contributed by atoms with Crippen molar-refractivity contribution in [3.05, 3.63) is 176 Å². The molecule has 0 aliphatic heterocycles. The number of benzene rings is 9. The third kappa shape index (κ3) is 4.64. The second-order valence-corrected chi connectivity index (χ2v) is 14.3. The van der Waals surface area contributed by atoms with Gasteiger partial charge in [0.15, 0.2) is 17.5 Å². The van der Waals surface area contributed by atoms with Crippen LogP contribution in [0.2, 0.25) is 0 Å². The van der Waals surface area contributed by atoms with Gasteiger partial charge < -0.3 is 8.83 Å². The molecule has 0 amide bonds. The van der Waals surface area contributed by atoms with Crippen LogP contribution in [0.3, 0.4) is 0 Å². The predicted molar refractivity (Wildman–Crippen MR) is 229 cm³/mol. The first-order valence-electron chi connectivity index (χ1n) is 18.8. The van der Waals surface area contributed by atoms with Gasteiger partial charge in [0, 0.05) is 38.2 Å². The van der Waals surface area contributed by atoms with Crippen molar-refractivity contribution < 1.29 is 8.83 Å². The number of nitrogens with zero attached hydrogens (tertiary/aromatic N) is 3. The van der Waals surface area contributed by atoms with E-state index >= 15 is 0 Å². The summed E-state index contributed by atoms with van der Waals surface area (Å²) in [6.07, 6.45) is 0. The van der Waals surface area contributed by atoms with Crippen molar-refractivity contribution in [2.75, 3.05) is 0 Å². The minimum Gasteiger partial charge on any atom is -0.456 e. The molecular formula is C51H29N3O2. The van der Waals surface area contributed by atoms with Crippen LogP contribution < -0.4 is 0 Å². The highest BCUT2D eigenvalue weighted by Crippen LogP contribution is 2.41. The Balaban J connectivity index is 1.12. The summed E-state index contributed by atoms with van der Waals surface area (Å²) in [7, 11) is 0. The van der Waals surface area contributed by atoms with E-state index in [0.29, 0.717) is 17.5 Å². The first-order chi connectivity index (χ1) is 27.7. The molecule has 260 valence electrons. The van der Waals surface area contributed by atoms with Crippen molar-refractivity contribution in [3.63, 3.8) is 0 Å². The predicted octanol–water partition coefficient (Wildman–Crippen LogP) is 13.8. The van der Waals surface area contributed by atoms with Crippen LogP contribution in [-0.4, -0.2) is 15.0 Å². The van der Waals surface area contributed by atoms with Crippen LogP contribution in [0.15, 0.2) is 185 Å². The average Bonchev–Trinajstić information content (AvgIpc) is 3.85. The molecule has 0 saturated heterocycles. The summed E-state index contributed by atoms with van der Waals surface area (Å²) in [5.41, 5.74) is 8.11. The van der Waals surface area contributed by atoms with Crippen LogP contribution in [0.1, 0.15) is 0 Å². The van der Waals surface area contributed by atoms with Gasteiger partial charge in [0.1, 0.15) is 22.3 Å². The molecule has 0 atom stereocenters. The summed E-state index contributed by atoms with van der Waals surface area (Å²) in [6, 6.07) is 61.1. The molecule has 0 bridgehead atoms. The number of para-hydroxylation sites is 2. The van der Waals surface area contributed by atoms with E-state index in [1.165, 1.54) is 32.3 Å². The maximum Gasteiger partial charge on any atom is 0.164 e. The van der Waals surface area contributed by atoms with Crippen LogP contribution in [0.5, 0.6) is 0 Å². The van der Waals surface area contributed by atoms with Gasteiger partial charge in [-0.1, -0.05) is 140 Å². The highest BCUT2D eigenvalue weighted by Gasteiger charge is 2.21. The molecule has 0 unspecified atom stereocenters. The molecule has 12 rings (SSSR count). The van der Waals surface area contributed by atoms with E-state index in [4.69, 9.17) is 23.8 Å². The van der Waals surface area contributed by atoms with Crippen LogP contribution in [0.4, 0.5) is 0 Å². The van der Waals surface area contributed by atoms with Gasteiger partial charge in [0.05, 0.1) is 0 Å². The Hall–Kier alpha value is -7.63. The molecular weight excluding hydrogens is 687 g/mol. The molecule has 0 saturated carbocycles. The Morgan fingerprint density at radius 2 is 0.786 bits per heavy atom. The molecule has 3 aromatic heterocycles. The highest BCUT2D eigenvalue weighted by atomic mass is 16.3. The molecule has 0 aliphatic carbocycles. The molecule has 5 heteroatoms. The van der Waals surface area contributed by atoms with Gasteiger partial charge in [-0.3, -0.25) is 0 Å². The van der Waals surface area contributed by atoms with Gasteiger partial charge in [-0.15, -0.1) is 0 Å². The van der Waals surface area contributed by atoms with Gasteiger partial charge in [-0.05, 0) is 79.8 Å². The summed E-state index contributed by atoms with van der Waals surface area (Å²) >= 11 is 0. The number of aromatic nitrogens is 3. The maximum absolute atomic E-state index is 6.31. The Kier molecular flexibility index (Phi) is 6.56. The first-order valence-corrected chi connectivity index (χ1v) is 18.8. The second kappa shape index (κ2) is 11.9. The van der Waals surface area contributed by atoms with Crippen LogP contribution in [0, 0.1) is 0 Å². The average molecular weight is 716 g/mol. The lowest BCUT2D eigenvalue weighted by Crippen LogP contribution is -2.01. The SMILES string of the molecule is c1cc(-c2nc(-c3cccc4oc5ccccc5c34)nc(-c3cccc4oc5ccccc5c34)n2)cc(-c2cc3c4ccccc4ccc3c3ccccc23)c1. The molecule has 0 aliphatic rings. The van der Waals surface area contributed by atoms with E-state index in [-0.39, 0.29) is 0 Å². The minimum atomic E-state index is 0.569. The minimum absolute atomic E-state index is 0.569. The third-order valence-corrected chi connectivity index (χ3v) is 11.1. The van der Waals surface area contributed by atoms with E-state index in [1.807, 2.05) is 60.7 Å². The monoisotopic (exact) mass is 715 g/mol. The van der Waals surface area contributed by atoms with Crippen molar-refractivity contribution in [3.8, 4) is 45.3 Å². The lowest BCUT2D eigenvalue weighted by atomic mass is 9.90. The van der Waals surface area contributed by atoms with E-state index < -0.39 is 0 Å². The van der Waals surface area contributed by atoms with E-state index in [9.17, 15) is 0 Å². The smallest absolute Gasteiger partial charge is 0.164 e. The molecule has 5 nitrogen and oxygen atoms in total. The van der Waals surface area contributed by atoms with E-state index in [0.717, 1.165) is 71.7 Å². The van der Waals surface area contributed by atoms with Crippen LogP contribution >= 0.6 is 0 Å². The number of hydrogen-bond acceptors (Lipinski definition) is 5. The molecule has 0 fully saturated rings. The Bertz CT molecular complexity index is 3430. The zero-order valence-corrected chi connectivity index (χ0v) is 29.9. The second-order valence-electron chi connectivity index (χ2n) is 14.3. The quantitative estimate of drug-likeness (QED) is 0.170. The van der Waals surface area contributed by atoms with Crippen LogP contribution in [0.25, 0.3) is 121 Å². The fourth-order valence-electron chi connectivity index (χ4n) is 8.59. The molecule has 0 spiro atoms. The number of fused-ring (bicyclic) bond motifs is 11. The molecule has 3 heterocycles. The Labute approximate surface area is 320 Å². The van der Waals surface area contributed by atoms with Gasteiger partial charge in [-0.2, -0.15) is 0 Å². The van der Waals surface area contributed by atoms with Gasteiger partial charge in [-0.25, -0.2) is 15.0 Å². The maximum atomic E-state index is 6.31. The van der Waals surface area contributed by atoms with Crippen LogP contribution in [-0.2, 0) is 0 Å². The number of hydrogen-bond donors (Lipinski definition) is 0. The largest absolute Gasteiger partial charge is 0.456 e. The number of rotatable bonds is 4. The number of furan rings is 2. The topological polar surface area (TPSA) is 65.0 Å². The zero-order chi connectivity index (χ0) is 36.7. The van der Waals surface area contributed by atoms with Gasteiger partial charge in [0.25, 0.3) is 0 Å². The lowest BCUT2D eigenvalue weighted by molar-refractivity contribution is 0.668. The Morgan fingerprint density at radius 3 is 1.46 bits per heavy atom. The van der Waals surface area contributed by atoms with Crippen molar-refractivity contribution in [1.82, 2.24) is 15.0 Å². The normalized spacial score (nSPS) is 11.9.